The molecule has 3 aromatic rings. The number of hydrogen-bond acceptors (Lipinski definition) is 5. The number of aromatic amines is 2. The van der Waals surface area contributed by atoms with Crippen molar-refractivity contribution in [2.75, 3.05) is 20.3 Å². The van der Waals surface area contributed by atoms with Crippen LogP contribution in [0.1, 0.15) is 52.9 Å². The van der Waals surface area contributed by atoms with Gasteiger partial charge in [0.25, 0.3) is 5.56 Å². The van der Waals surface area contributed by atoms with Gasteiger partial charge in [-0.1, -0.05) is 12.1 Å². The molecule has 0 unspecified atom stereocenters. The lowest BCUT2D eigenvalue weighted by Crippen LogP contribution is -2.39. The molecule has 3 N–H and O–H groups in total. The van der Waals surface area contributed by atoms with Crippen molar-refractivity contribution in [2.24, 2.45) is 0 Å². The number of hydrogen-bond donors (Lipinski definition) is 3. The fourth-order valence-electron chi connectivity index (χ4n) is 4.72. The molecule has 1 aliphatic rings. The number of carboxylic acid groups (broad SMARTS) is 1. The van der Waals surface area contributed by atoms with Gasteiger partial charge in [0.15, 0.2) is 0 Å². The number of ether oxygens (including phenoxy) is 2. The Labute approximate surface area is 186 Å². The molecule has 0 amide bonds. The van der Waals surface area contributed by atoms with Gasteiger partial charge in [-0.3, -0.25) is 19.9 Å². The number of rotatable bonds is 7. The third kappa shape index (κ3) is 4.16. The van der Waals surface area contributed by atoms with Crippen LogP contribution in [-0.2, 0) is 11.3 Å². The van der Waals surface area contributed by atoms with Crippen LogP contribution in [0.4, 0.5) is 0 Å². The molecule has 0 bridgehead atoms. The summed E-state index contributed by atoms with van der Waals surface area (Å²) in [6, 6.07) is 9.01. The highest BCUT2D eigenvalue weighted by molar-refractivity contribution is 5.88. The lowest BCUT2D eigenvalue weighted by molar-refractivity contribution is -0.0138. The summed E-state index contributed by atoms with van der Waals surface area (Å²) in [6.07, 6.45) is 1.82. The number of nitrogens with zero attached hydrogens (tertiary/aromatic N) is 1. The van der Waals surface area contributed by atoms with Crippen LogP contribution < -0.4 is 10.3 Å². The van der Waals surface area contributed by atoms with Gasteiger partial charge < -0.3 is 14.6 Å². The van der Waals surface area contributed by atoms with Gasteiger partial charge in [-0.05, 0) is 56.0 Å². The lowest BCUT2D eigenvalue weighted by atomic mass is 9.91. The van der Waals surface area contributed by atoms with E-state index < -0.39 is 5.97 Å². The fourth-order valence-corrected chi connectivity index (χ4v) is 4.72. The van der Waals surface area contributed by atoms with Crippen LogP contribution in [0.5, 0.6) is 5.75 Å². The van der Waals surface area contributed by atoms with Crippen molar-refractivity contribution in [3.8, 4) is 5.75 Å². The number of aromatic nitrogens is 2. The zero-order valence-electron chi connectivity index (χ0n) is 18.6. The Hall–Kier alpha value is -3.10. The van der Waals surface area contributed by atoms with Crippen molar-refractivity contribution in [3.63, 3.8) is 0 Å². The zero-order chi connectivity index (χ0) is 22.8. The largest absolute Gasteiger partial charge is 0.496 e. The number of H-pyrrole nitrogens is 2. The molecule has 1 fully saturated rings. The van der Waals surface area contributed by atoms with E-state index in [0.29, 0.717) is 24.3 Å². The number of fused-ring (bicyclic) bond motifs is 1. The highest BCUT2D eigenvalue weighted by atomic mass is 16.5. The molecule has 1 aliphatic heterocycles. The number of carboxylic acids is 1. The van der Waals surface area contributed by atoms with Crippen molar-refractivity contribution in [3.05, 3.63) is 62.9 Å². The molecule has 2 heterocycles. The number of benzene rings is 2. The Balaban J connectivity index is 1.73. The first-order chi connectivity index (χ1) is 15.4. The first kappa shape index (κ1) is 22.1. The summed E-state index contributed by atoms with van der Waals surface area (Å²) < 4.78 is 11.6. The summed E-state index contributed by atoms with van der Waals surface area (Å²) >= 11 is 0. The SMILES string of the molecule is CCO[C@H]1CCN(Cc2c(OC)cc(C)c3[nH][nH]c(=O)c23)[C@H](c2ccc(C(=O)O)cc2)C1. The van der Waals surface area contributed by atoms with E-state index >= 15 is 0 Å². The summed E-state index contributed by atoms with van der Waals surface area (Å²) in [6.45, 7) is 5.91. The molecule has 8 heteroatoms. The van der Waals surface area contributed by atoms with E-state index in [2.05, 4.69) is 15.1 Å². The third-order valence-electron chi connectivity index (χ3n) is 6.31. The van der Waals surface area contributed by atoms with E-state index in [1.165, 1.54) is 0 Å². The highest BCUT2D eigenvalue weighted by Crippen LogP contribution is 2.37. The summed E-state index contributed by atoms with van der Waals surface area (Å²) in [7, 11) is 1.62. The minimum atomic E-state index is -0.942. The Kier molecular flexibility index (Phi) is 6.34. The van der Waals surface area contributed by atoms with Crippen LogP contribution in [0.2, 0.25) is 0 Å². The van der Waals surface area contributed by atoms with Gasteiger partial charge in [-0.25, -0.2) is 4.79 Å². The number of methoxy groups -OCH3 is 1. The molecule has 1 aromatic heterocycles. The van der Waals surface area contributed by atoms with Gasteiger partial charge in [0.2, 0.25) is 0 Å². The van der Waals surface area contributed by atoms with Crippen molar-refractivity contribution in [2.45, 2.75) is 45.4 Å². The van der Waals surface area contributed by atoms with Crippen LogP contribution in [0.25, 0.3) is 10.9 Å². The van der Waals surface area contributed by atoms with Crippen molar-refractivity contribution in [1.29, 1.82) is 0 Å². The molecular weight excluding hydrogens is 410 g/mol. The Morgan fingerprint density at radius 2 is 2.00 bits per heavy atom. The van der Waals surface area contributed by atoms with Gasteiger partial charge in [0.1, 0.15) is 5.75 Å². The first-order valence-corrected chi connectivity index (χ1v) is 10.9. The molecule has 32 heavy (non-hydrogen) atoms. The molecule has 1 saturated heterocycles. The van der Waals surface area contributed by atoms with E-state index in [-0.39, 0.29) is 23.3 Å². The Morgan fingerprint density at radius 1 is 1.25 bits per heavy atom. The predicted molar refractivity (Wildman–Crippen MR) is 121 cm³/mol. The van der Waals surface area contributed by atoms with Crippen molar-refractivity contribution < 1.29 is 19.4 Å². The van der Waals surface area contributed by atoms with Gasteiger partial charge in [-0.15, -0.1) is 0 Å². The minimum absolute atomic E-state index is 0.0298. The quantitative estimate of drug-likeness (QED) is 0.519. The molecule has 2 atom stereocenters. The molecule has 170 valence electrons. The van der Waals surface area contributed by atoms with Gasteiger partial charge in [0, 0.05) is 31.3 Å². The van der Waals surface area contributed by atoms with E-state index in [1.54, 1.807) is 19.2 Å². The molecule has 2 aromatic carbocycles. The zero-order valence-corrected chi connectivity index (χ0v) is 18.6. The first-order valence-electron chi connectivity index (χ1n) is 10.9. The maximum Gasteiger partial charge on any atom is 0.335 e. The average Bonchev–Trinajstić information content (AvgIpc) is 3.19. The normalized spacial score (nSPS) is 19.3. The van der Waals surface area contributed by atoms with Crippen LogP contribution in [0, 0.1) is 6.92 Å². The van der Waals surface area contributed by atoms with Gasteiger partial charge in [0.05, 0.1) is 29.7 Å². The molecule has 0 saturated carbocycles. The van der Waals surface area contributed by atoms with Crippen molar-refractivity contribution >= 4 is 16.9 Å². The van der Waals surface area contributed by atoms with Gasteiger partial charge in [-0.2, -0.15) is 0 Å². The second-order valence-corrected chi connectivity index (χ2v) is 8.22. The molecular formula is C24H29N3O5. The topological polar surface area (TPSA) is 108 Å². The fraction of sp³-hybridized carbons (Fsp3) is 0.417. The number of carbonyl (C=O) groups is 1. The summed E-state index contributed by atoms with van der Waals surface area (Å²) in [4.78, 5) is 26.2. The van der Waals surface area contributed by atoms with Crippen LogP contribution >= 0.6 is 0 Å². The number of likely N-dealkylation sites (tertiary alicyclic amines) is 1. The predicted octanol–water partition coefficient (Wildman–Crippen LogP) is 3.61. The minimum Gasteiger partial charge on any atom is -0.496 e. The number of aryl methyl sites for hydroxylation is 1. The summed E-state index contributed by atoms with van der Waals surface area (Å²) in [5.41, 5.74) is 3.70. The second kappa shape index (κ2) is 9.18. The maximum absolute atomic E-state index is 12.6. The van der Waals surface area contributed by atoms with E-state index in [9.17, 15) is 14.7 Å². The van der Waals surface area contributed by atoms with E-state index in [0.717, 1.165) is 41.6 Å². The van der Waals surface area contributed by atoms with Crippen LogP contribution in [-0.4, -0.2) is 52.5 Å². The van der Waals surface area contributed by atoms with Crippen LogP contribution in [0.3, 0.4) is 0 Å². The molecule has 8 nitrogen and oxygen atoms in total. The van der Waals surface area contributed by atoms with Crippen molar-refractivity contribution in [1.82, 2.24) is 15.1 Å². The lowest BCUT2D eigenvalue weighted by Gasteiger charge is -2.40. The molecule has 4 rings (SSSR count). The van der Waals surface area contributed by atoms with Crippen LogP contribution in [0.15, 0.2) is 35.1 Å². The van der Waals surface area contributed by atoms with E-state index in [4.69, 9.17) is 9.47 Å². The number of nitrogens with one attached hydrogen (secondary N) is 2. The summed E-state index contributed by atoms with van der Waals surface area (Å²) in [5.74, 6) is -0.255. The highest BCUT2D eigenvalue weighted by Gasteiger charge is 2.31. The second-order valence-electron chi connectivity index (χ2n) is 8.22. The Morgan fingerprint density at radius 3 is 2.66 bits per heavy atom. The Bertz CT molecular complexity index is 1160. The molecule has 0 aliphatic carbocycles. The standard InChI is InChI=1S/C24H29N3O5/c1-4-32-17-9-10-27(19(12-17)15-5-7-16(8-6-15)24(29)30)13-18-20(31-3)11-14(2)22-21(18)23(28)26-25-22/h5-8,11,17,19H,4,9-10,12-13H2,1-3H3,(H,29,30)(H2,25,26,28)/t17-,19-/m0/s1. The van der Waals surface area contributed by atoms with E-state index in [1.807, 2.05) is 32.0 Å². The number of aromatic carboxylic acids is 1. The van der Waals surface area contributed by atoms with Gasteiger partial charge >= 0.3 is 5.97 Å². The average molecular weight is 440 g/mol. The number of piperidine rings is 1. The molecule has 0 spiro atoms. The monoisotopic (exact) mass is 439 g/mol. The summed E-state index contributed by atoms with van der Waals surface area (Å²) in [5, 5.41) is 15.6. The maximum atomic E-state index is 12.6. The third-order valence-corrected chi connectivity index (χ3v) is 6.31. The molecule has 0 radical (unpaired) electrons. The smallest absolute Gasteiger partial charge is 0.335 e.